The highest BCUT2D eigenvalue weighted by Gasteiger charge is 2.37. The molecule has 1 N–H and O–H groups in total. The lowest BCUT2D eigenvalue weighted by Crippen LogP contribution is -2.29. The first-order chi connectivity index (χ1) is 7.99. The SMILES string of the molecule is Cc1ccc(C(=O)N2CC(C)C(C(=O)O)C2)s1. The van der Waals surface area contributed by atoms with E-state index in [4.69, 9.17) is 5.11 Å². The number of thiophene rings is 1. The second-order valence-corrected chi connectivity index (χ2v) is 5.83. The Kier molecular flexibility index (Phi) is 3.19. The molecule has 1 aliphatic rings. The molecule has 1 aliphatic heterocycles. The van der Waals surface area contributed by atoms with Crippen LogP contribution >= 0.6 is 11.3 Å². The zero-order valence-electron chi connectivity index (χ0n) is 9.84. The third-order valence-corrected chi connectivity index (χ3v) is 4.16. The molecule has 2 heterocycles. The number of carboxylic acid groups (broad SMARTS) is 1. The highest BCUT2D eigenvalue weighted by molar-refractivity contribution is 7.13. The number of nitrogens with zero attached hydrogens (tertiary/aromatic N) is 1. The van der Waals surface area contributed by atoms with Crippen molar-refractivity contribution in [2.24, 2.45) is 11.8 Å². The Morgan fingerprint density at radius 3 is 2.59 bits per heavy atom. The molecule has 0 saturated carbocycles. The van der Waals surface area contributed by atoms with Gasteiger partial charge in [0.15, 0.2) is 0 Å². The number of carbonyl (C=O) groups excluding carboxylic acids is 1. The second kappa shape index (κ2) is 4.49. The normalized spacial score (nSPS) is 24.0. The maximum absolute atomic E-state index is 12.1. The summed E-state index contributed by atoms with van der Waals surface area (Å²) in [7, 11) is 0. The van der Waals surface area contributed by atoms with Gasteiger partial charge in [-0.25, -0.2) is 0 Å². The van der Waals surface area contributed by atoms with Crippen LogP contribution in [0.4, 0.5) is 0 Å². The van der Waals surface area contributed by atoms with Gasteiger partial charge in [0.05, 0.1) is 10.8 Å². The number of amides is 1. The molecular formula is C12H15NO3S. The quantitative estimate of drug-likeness (QED) is 0.875. The van der Waals surface area contributed by atoms with Crippen LogP contribution in [0.2, 0.25) is 0 Å². The van der Waals surface area contributed by atoms with Crippen LogP contribution in [0.1, 0.15) is 21.5 Å². The summed E-state index contributed by atoms with van der Waals surface area (Å²) in [5.41, 5.74) is 0. The summed E-state index contributed by atoms with van der Waals surface area (Å²) in [6.45, 7) is 4.69. The smallest absolute Gasteiger partial charge is 0.308 e. The third-order valence-electron chi connectivity index (χ3n) is 3.17. The molecule has 17 heavy (non-hydrogen) atoms. The van der Waals surface area contributed by atoms with Crippen molar-refractivity contribution in [2.45, 2.75) is 13.8 Å². The van der Waals surface area contributed by atoms with Crippen molar-refractivity contribution in [3.05, 3.63) is 21.9 Å². The highest BCUT2D eigenvalue weighted by Crippen LogP contribution is 2.26. The fraction of sp³-hybridized carbons (Fsp3) is 0.500. The van der Waals surface area contributed by atoms with Crippen LogP contribution < -0.4 is 0 Å². The van der Waals surface area contributed by atoms with Gasteiger partial charge in [-0.15, -0.1) is 11.3 Å². The van der Waals surface area contributed by atoms with Crippen molar-refractivity contribution in [3.63, 3.8) is 0 Å². The van der Waals surface area contributed by atoms with E-state index >= 15 is 0 Å². The number of rotatable bonds is 2. The van der Waals surface area contributed by atoms with Gasteiger partial charge >= 0.3 is 5.97 Å². The van der Waals surface area contributed by atoms with E-state index in [1.165, 1.54) is 11.3 Å². The number of aryl methyl sites for hydroxylation is 1. The van der Waals surface area contributed by atoms with E-state index in [2.05, 4.69) is 0 Å². The molecule has 2 unspecified atom stereocenters. The monoisotopic (exact) mass is 253 g/mol. The van der Waals surface area contributed by atoms with Gasteiger partial charge in [0.2, 0.25) is 0 Å². The van der Waals surface area contributed by atoms with E-state index in [1.54, 1.807) is 11.0 Å². The minimum Gasteiger partial charge on any atom is -0.481 e. The molecule has 0 radical (unpaired) electrons. The Morgan fingerprint density at radius 2 is 2.12 bits per heavy atom. The van der Waals surface area contributed by atoms with Crippen molar-refractivity contribution in [1.29, 1.82) is 0 Å². The van der Waals surface area contributed by atoms with Gasteiger partial charge in [0.1, 0.15) is 0 Å². The Hall–Kier alpha value is -1.36. The van der Waals surface area contributed by atoms with Crippen LogP contribution in [0.15, 0.2) is 12.1 Å². The topological polar surface area (TPSA) is 57.6 Å². The summed E-state index contributed by atoms with van der Waals surface area (Å²) in [6.07, 6.45) is 0. The minimum absolute atomic E-state index is 0.0255. The fourth-order valence-corrected chi connectivity index (χ4v) is 2.99. The molecule has 0 bridgehead atoms. The zero-order valence-corrected chi connectivity index (χ0v) is 10.7. The van der Waals surface area contributed by atoms with Gasteiger partial charge in [0.25, 0.3) is 5.91 Å². The zero-order chi connectivity index (χ0) is 12.6. The van der Waals surface area contributed by atoms with Gasteiger partial charge in [-0.1, -0.05) is 6.92 Å². The van der Waals surface area contributed by atoms with E-state index in [1.807, 2.05) is 19.9 Å². The molecule has 0 aromatic carbocycles. The first-order valence-corrected chi connectivity index (χ1v) is 6.39. The molecular weight excluding hydrogens is 238 g/mol. The molecule has 2 rings (SSSR count). The van der Waals surface area contributed by atoms with Gasteiger partial charge in [-0.3, -0.25) is 9.59 Å². The fourth-order valence-electron chi connectivity index (χ4n) is 2.16. The Balaban J connectivity index is 2.10. The number of carboxylic acids is 1. The Bertz CT molecular complexity index is 454. The summed E-state index contributed by atoms with van der Waals surface area (Å²) in [5.74, 6) is -1.26. The summed E-state index contributed by atoms with van der Waals surface area (Å²) >= 11 is 1.45. The summed E-state index contributed by atoms with van der Waals surface area (Å²) in [6, 6.07) is 3.72. The lowest BCUT2D eigenvalue weighted by Gasteiger charge is -2.14. The van der Waals surface area contributed by atoms with Gasteiger partial charge in [0, 0.05) is 18.0 Å². The number of hydrogen-bond acceptors (Lipinski definition) is 3. The average Bonchev–Trinajstić information content (AvgIpc) is 2.83. The summed E-state index contributed by atoms with van der Waals surface area (Å²) in [5, 5.41) is 9.02. The maximum Gasteiger partial charge on any atom is 0.308 e. The standard InChI is InChI=1S/C12H15NO3S/c1-7-5-13(6-9(7)12(15)16)11(14)10-4-3-8(2)17-10/h3-4,7,9H,5-6H2,1-2H3,(H,15,16). The van der Waals surface area contributed by atoms with Crippen LogP contribution in [-0.2, 0) is 4.79 Å². The van der Waals surface area contributed by atoms with Crippen molar-refractivity contribution in [1.82, 2.24) is 4.90 Å². The van der Waals surface area contributed by atoms with E-state index in [9.17, 15) is 9.59 Å². The minimum atomic E-state index is -0.810. The predicted molar refractivity (Wildman–Crippen MR) is 65.2 cm³/mol. The number of hydrogen-bond donors (Lipinski definition) is 1. The average molecular weight is 253 g/mol. The molecule has 4 nitrogen and oxygen atoms in total. The highest BCUT2D eigenvalue weighted by atomic mass is 32.1. The number of aliphatic carboxylic acids is 1. The molecule has 92 valence electrons. The molecule has 5 heteroatoms. The van der Waals surface area contributed by atoms with E-state index in [0.717, 1.165) is 4.88 Å². The maximum atomic E-state index is 12.1. The van der Waals surface area contributed by atoms with Crippen LogP contribution in [0.5, 0.6) is 0 Å². The first kappa shape index (κ1) is 12.1. The van der Waals surface area contributed by atoms with Crippen molar-refractivity contribution in [2.75, 3.05) is 13.1 Å². The van der Waals surface area contributed by atoms with Gasteiger partial charge in [-0.2, -0.15) is 0 Å². The third kappa shape index (κ3) is 2.34. The molecule has 0 aliphatic carbocycles. The van der Waals surface area contributed by atoms with Crippen LogP contribution in [0.25, 0.3) is 0 Å². The lowest BCUT2D eigenvalue weighted by molar-refractivity contribution is -0.142. The lowest BCUT2D eigenvalue weighted by atomic mass is 9.99. The Labute approximate surface area is 104 Å². The predicted octanol–water partition coefficient (Wildman–Crippen LogP) is 1.85. The van der Waals surface area contributed by atoms with Gasteiger partial charge < -0.3 is 10.0 Å². The Morgan fingerprint density at radius 1 is 1.41 bits per heavy atom. The molecule has 1 fully saturated rings. The molecule has 1 amide bonds. The summed E-state index contributed by atoms with van der Waals surface area (Å²) < 4.78 is 0. The van der Waals surface area contributed by atoms with E-state index in [-0.39, 0.29) is 11.8 Å². The van der Waals surface area contributed by atoms with E-state index in [0.29, 0.717) is 18.0 Å². The van der Waals surface area contributed by atoms with E-state index < -0.39 is 11.9 Å². The van der Waals surface area contributed by atoms with Crippen molar-refractivity contribution in [3.8, 4) is 0 Å². The molecule has 0 spiro atoms. The van der Waals surface area contributed by atoms with Crippen LogP contribution in [0, 0.1) is 18.8 Å². The molecule has 2 atom stereocenters. The largest absolute Gasteiger partial charge is 0.481 e. The van der Waals surface area contributed by atoms with Crippen LogP contribution in [0.3, 0.4) is 0 Å². The number of carbonyl (C=O) groups is 2. The molecule has 1 aromatic rings. The van der Waals surface area contributed by atoms with Gasteiger partial charge in [-0.05, 0) is 25.0 Å². The van der Waals surface area contributed by atoms with Crippen molar-refractivity contribution < 1.29 is 14.7 Å². The number of likely N-dealkylation sites (tertiary alicyclic amines) is 1. The van der Waals surface area contributed by atoms with Crippen LogP contribution in [-0.4, -0.2) is 35.0 Å². The summed E-state index contributed by atoms with van der Waals surface area (Å²) in [4.78, 5) is 26.5. The molecule has 1 aromatic heterocycles. The van der Waals surface area contributed by atoms with Crippen molar-refractivity contribution >= 4 is 23.2 Å². The first-order valence-electron chi connectivity index (χ1n) is 5.57. The molecule has 1 saturated heterocycles. The second-order valence-electron chi connectivity index (χ2n) is 4.54.